The molecule has 0 saturated heterocycles. The molecule has 2 aliphatic rings. The summed E-state index contributed by atoms with van der Waals surface area (Å²) < 4.78 is 0. The molecule has 1 atom stereocenters. The van der Waals surface area contributed by atoms with Crippen LogP contribution in [0.2, 0.25) is 0 Å². The van der Waals surface area contributed by atoms with Crippen molar-refractivity contribution in [1.29, 1.82) is 0 Å². The number of fused-ring (bicyclic) bond motifs is 1. The third-order valence-electron chi connectivity index (χ3n) is 4.82. The van der Waals surface area contributed by atoms with Gasteiger partial charge in [-0.1, -0.05) is 24.3 Å². The molecule has 0 aliphatic heterocycles. The van der Waals surface area contributed by atoms with E-state index in [1.54, 1.807) is 0 Å². The molecule has 3 rings (SSSR count). The molecule has 0 spiro atoms. The van der Waals surface area contributed by atoms with Gasteiger partial charge in [0.25, 0.3) is 0 Å². The molecule has 1 unspecified atom stereocenters. The van der Waals surface area contributed by atoms with E-state index in [1.165, 1.54) is 17.5 Å². The van der Waals surface area contributed by atoms with Crippen LogP contribution in [0.15, 0.2) is 24.3 Å². The van der Waals surface area contributed by atoms with Crippen LogP contribution in [0.4, 0.5) is 0 Å². The number of hydrogen-bond donors (Lipinski definition) is 0. The third kappa shape index (κ3) is 2.71. The second-order valence-corrected chi connectivity index (χ2v) is 6.39. The second kappa shape index (κ2) is 6.17. The van der Waals surface area contributed by atoms with Gasteiger partial charge in [0.05, 0.1) is 0 Å². The maximum absolute atomic E-state index is 12.8. The molecule has 0 heterocycles. The average Bonchev–Trinajstić information content (AvgIpc) is 2.43. The third-order valence-corrected chi connectivity index (χ3v) is 4.99. The highest BCUT2D eigenvalue weighted by Crippen LogP contribution is 2.31. The summed E-state index contributed by atoms with van der Waals surface area (Å²) in [5.74, 6) is 1.05. The van der Waals surface area contributed by atoms with Crippen LogP contribution < -0.4 is 0 Å². The number of benzene rings is 1. The van der Waals surface area contributed by atoms with Gasteiger partial charge in [-0.25, -0.2) is 0 Å². The van der Waals surface area contributed by atoms with Gasteiger partial charge in [-0.05, 0) is 49.7 Å². The van der Waals surface area contributed by atoms with Gasteiger partial charge in [-0.3, -0.25) is 4.79 Å². The van der Waals surface area contributed by atoms with E-state index in [1.807, 2.05) is 0 Å². The lowest BCUT2D eigenvalue weighted by Crippen LogP contribution is -2.48. The SMILES string of the molecule is O=C(C1CCc2ccccc2C1)N(CCCl)C1CCC1. The van der Waals surface area contributed by atoms with Gasteiger partial charge in [-0.15, -0.1) is 11.6 Å². The lowest BCUT2D eigenvalue weighted by molar-refractivity contribution is -0.139. The number of carbonyl (C=O) groups excluding carboxylic acids is 1. The Hall–Kier alpha value is -1.02. The molecule has 1 amide bonds. The summed E-state index contributed by atoms with van der Waals surface area (Å²) in [7, 11) is 0. The Labute approximate surface area is 126 Å². The van der Waals surface area contributed by atoms with Crippen LogP contribution in [0.1, 0.15) is 36.8 Å². The largest absolute Gasteiger partial charge is 0.338 e. The van der Waals surface area contributed by atoms with E-state index in [9.17, 15) is 4.79 Å². The quantitative estimate of drug-likeness (QED) is 0.779. The van der Waals surface area contributed by atoms with Crippen LogP contribution in [0, 0.1) is 5.92 Å². The Balaban J connectivity index is 1.70. The summed E-state index contributed by atoms with van der Waals surface area (Å²) in [6.45, 7) is 0.712. The standard InChI is InChI=1S/C17H22ClNO/c18-10-11-19(16-6-3-7-16)17(20)15-9-8-13-4-1-2-5-14(13)12-15/h1-2,4-5,15-16H,3,6-12H2. The Bertz CT molecular complexity index is 484. The Morgan fingerprint density at radius 2 is 1.95 bits per heavy atom. The molecule has 20 heavy (non-hydrogen) atoms. The Morgan fingerprint density at radius 3 is 2.60 bits per heavy atom. The summed E-state index contributed by atoms with van der Waals surface area (Å²) in [5.41, 5.74) is 2.78. The molecule has 0 N–H and O–H groups in total. The van der Waals surface area contributed by atoms with E-state index in [0.29, 0.717) is 24.4 Å². The molecule has 1 saturated carbocycles. The normalized spacial score (nSPS) is 21.9. The average molecular weight is 292 g/mol. The Kier molecular flexibility index (Phi) is 4.30. The zero-order valence-electron chi connectivity index (χ0n) is 11.9. The fraction of sp³-hybridized carbons (Fsp3) is 0.588. The predicted octanol–water partition coefficient (Wildman–Crippen LogP) is 3.41. The lowest BCUT2D eigenvalue weighted by Gasteiger charge is -2.40. The molecular weight excluding hydrogens is 270 g/mol. The minimum atomic E-state index is 0.161. The molecular formula is C17H22ClNO. The van der Waals surface area contributed by atoms with E-state index in [2.05, 4.69) is 29.2 Å². The maximum Gasteiger partial charge on any atom is 0.226 e. The first-order chi connectivity index (χ1) is 9.79. The van der Waals surface area contributed by atoms with Crippen LogP contribution in [0.5, 0.6) is 0 Å². The number of alkyl halides is 1. The van der Waals surface area contributed by atoms with Gasteiger partial charge in [0.1, 0.15) is 0 Å². The monoisotopic (exact) mass is 291 g/mol. The first kappa shape index (κ1) is 13.9. The first-order valence-corrected chi connectivity index (χ1v) is 8.26. The van der Waals surface area contributed by atoms with Crippen molar-refractivity contribution < 1.29 is 4.79 Å². The van der Waals surface area contributed by atoms with Crippen LogP contribution >= 0.6 is 11.6 Å². The van der Waals surface area contributed by atoms with Crippen molar-refractivity contribution >= 4 is 17.5 Å². The summed E-state index contributed by atoms with van der Waals surface area (Å²) in [6, 6.07) is 8.99. The lowest BCUT2D eigenvalue weighted by atomic mass is 9.82. The van der Waals surface area contributed by atoms with Crippen molar-refractivity contribution in [2.45, 2.75) is 44.6 Å². The molecule has 0 bridgehead atoms. The van der Waals surface area contributed by atoms with E-state index in [-0.39, 0.29) is 5.92 Å². The number of rotatable bonds is 4. The number of aryl methyl sites for hydroxylation is 1. The molecule has 2 nitrogen and oxygen atoms in total. The zero-order chi connectivity index (χ0) is 13.9. The highest BCUT2D eigenvalue weighted by atomic mass is 35.5. The van der Waals surface area contributed by atoms with Crippen molar-refractivity contribution in [1.82, 2.24) is 4.90 Å². The minimum absolute atomic E-state index is 0.161. The van der Waals surface area contributed by atoms with Gasteiger partial charge < -0.3 is 4.90 Å². The molecule has 108 valence electrons. The number of nitrogens with zero attached hydrogens (tertiary/aromatic N) is 1. The van der Waals surface area contributed by atoms with Gasteiger partial charge in [0.2, 0.25) is 5.91 Å². The van der Waals surface area contributed by atoms with Crippen molar-refractivity contribution in [2.24, 2.45) is 5.92 Å². The number of amides is 1. The van der Waals surface area contributed by atoms with E-state index < -0.39 is 0 Å². The molecule has 1 fully saturated rings. The topological polar surface area (TPSA) is 20.3 Å². The molecule has 1 aromatic carbocycles. The number of carbonyl (C=O) groups is 1. The first-order valence-electron chi connectivity index (χ1n) is 7.73. The summed E-state index contributed by atoms with van der Waals surface area (Å²) in [6.07, 6.45) is 6.50. The van der Waals surface area contributed by atoms with Crippen LogP contribution in [0.3, 0.4) is 0 Å². The van der Waals surface area contributed by atoms with Crippen molar-refractivity contribution in [3.05, 3.63) is 35.4 Å². The fourth-order valence-corrected chi connectivity index (χ4v) is 3.59. The Morgan fingerprint density at radius 1 is 1.20 bits per heavy atom. The fourth-order valence-electron chi connectivity index (χ4n) is 3.41. The summed E-state index contributed by atoms with van der Waals surface area (Å²) in [4.78, 5) is 14.9. The highest BCUT2D eigenvalue weighted by Gasteiger charge is 2.33. The molecule has 1 aromatic rings. The minimum Gasteiger partial charge on any atom is -0.338 e. The smallest absolute Gasteiger partial charge is 0.226 e. The number of halogens is 1. The van der Waals surface area contributed by atoms with E-state index >= 15 is 0 Å². The molecule has 3 heteroatoms. The highest BCUT2D eigenvalue weighted by molar-refractivity contribution is 6.18. The van der Waals surface area contributed by atoms with Gasteiger partial charge in [-0.2, -0.15) is 0 Å². The summed E-state index contributed by atoms with van der Waals surface area (Å²) in [5, 5.41) is 0. The van der Waals surface area contributed by atoms with E-state index in [0.717, 1.165) is 32.1 Å². The van der Waals surface area contributed by atoms with Crippen molar-refractivity contribution in [2.75, 3.05) is 12.4 Å². The molecule has 2 aliphatic carbocycles. The van der Waals surface area contributed by atoms with Crippen LogP contribution in [-0.4, -0.2) is 29.3 Å². The number of hydrogen-bond acceptors (Lipinski definition) is 1. The molecule has 0 aromatic heterocycles. The van der Waals surface area contributed by atoms with Crippen LogP contribution in [-0.2, 0) is 17.6 Å². The zero-order valence-corrected chi connectivity index (χ0v) is 12.6. The van der Waals surface area contributed by atoms with Crippen molar-refractivity contribution in [3.8, 4) is 0 Å². The second-order valence-electron chi connectivity index (χ2n) is 6.01. The van der Waals surface area contributed by atoms with Gasteiger partial charge >= 0.3 is 0 Å². The van der Waals surface area contributed by atoms with Gasteiger partial charge in [0, 0.05) is 24.4 Å². The van der Waals surface area contributed by atoms with Crippen LogP contribution in [0.25, 0.3) is 0 Å². The van der Waals surface area contributed by atoms with E-state index in [4.69, 9.17) is 11.6 Å². The predicted molar refractivity (Wildman–Crippen MR) is 82.0 cm³/mol. The maximum atomic E-state index is 12.8. The van der Waals surface area contributed by atoms with Crippen molar-refractivity contribution in [3.63, 3.8) is 0 Å². The summed E-state index contributed by atoms with van der Waals surface area (Å²) >= 11 is 5.89. The van der Waals surface area contributed by atoms with Gasteiger partial charge in [0.15, 0.2) is 0 Å². The molecule has 0 radical (unpaired) electrons.